The Bertz CT molecular complexity index is 312. The molecule has 0 aliphatic heterocycles. The van der Waals surface area contributed by atoms with Gasteiger partial charge in [0, 0.05) is 12.2 Å². The van der Waals surface area contributed by atoms with E-state index in [0.717, 1.165) is 18.7 Å². The molecule has 2 heteroatoms. The van der Waals surface area contributed by atoms with E-state index >= 15 is 0 Å². The van der Waals surface area contributed by atoms with Gasteiger partial charge in [0.15, 0.2) is 0 Å². The Morgan fingerprint density at radius 3 is 2.67 bits per heavy atom. The topological polar surface area (TPSA) is 12.0 Å². The summed E-state index contributed by atoms with van der Waals surface area (Å²) in [4.78, 5) is 0. The molecule has 1 rings (SSSR count). The van der Waals surface area contributed by atoms with Gasteiger partial charge in [-0.15, -0.1) is 0 Å². The van der Waals surface area contributed by atoms with Crippen molar-refractivity contribution in [3.8, 4) is 0 Å². The maximum atomic E-state index is 4.22. The Morgan fingerprint density at radius 1 is 1.06 bits per heavy atom. The maximum Gasteiger partial charge on any atom is 0.0342 e. The van der Waals surface area contributed by atoms with Crippen LogP contribution in [0.4, 0.5) is 5.69 Å². The molecule has 0 atom stereocenters. The molecule has 0 amide bonds. The lowest BCUT2D eigenvalue weighted by atomic mass is 10.1. The van der Waals surface area contributed by atoms with E-state index in [9.17, 15) is 0 Å². The Labute approximate surface area is 118 Å². The molecule has 0 aliphatic carbocycles. The quantitative estimate of drug-likeness (QED) is 0.451. The van der Waals surface area contributed by atoms with E-state index in [0.29, 0.717) is 0 Å². The number of aryl methyl sites for hydroxylation is 1. The zero-order valence-electron chi connectivity index (χ0n) is 11.6. The molecule has 0 radical (unpaired) electrons. The third kappa shape index (κ3) is 6.95. The van der Waals surface area contributed by atoms with Crippen molar-refractivity contribution in [1.82, 2.24) is 0 Å². The fraction of sp³-hybridized carbons (Fsp3) is 0.625. The molecule has 0 aliphatic rings. The second-order valence-corrected chi connectivity index (χ2v) is 5.32. The molecular weight excluding hydrogens is 238 g/mol. The minimum atomic E-state index is 0.949. The van der Waals surface area contributed by atoms with Gasteiger partial charge in [-0.25, -0.2) is 0 Å². The SMILES string of the molecule is CCCCCCCc1cccc(NCCCS)c1. The predicted octanol–water partition coefficient (Wildman–Crippen LogP) is 4.93. The van der Waals surface area contributed by atoms with E-state index in [1.807, 2.05) is 0 Å². The summed E-state index contributed by atoms with van der Waals surface area (Å²) in [6.45, 7) is 3.28. The minimum Gasteiger partial charge on any atom is -0.385 e. The summed E-state index contributed by atoms with van der Waals surface area (Å²) in [5.74, 6) is 0.949. The molecule has 0 unspecified atom stereocenters. The van der Waals surface area contributed by atoms with Crippen LogP contribution in [0.1, 0.15) is 51.0 Å². The number of nitrogens with one attached hydrogen (secondary N) is 1. The van der Waals surface area contributed by atoms with Gasteiger partial charge in [-0.1, -0.05) is 44.7 Å². The minimum absolute atomic E-state index is 0.949. The summed E-state index contributed by atoms with van der Waals surface area (Å²) in [6, 6.07) is 8.84. The van der Waals surface area contributed by atoms with Crippen LogP contribution in [-0.4, -0.2) is 12.3 Å². The Kier molecular flexibility index (Phi) is 8.83. The number of hydrogen-bond donors (Lipinski definition) is 2. The molecule has 0 bridgehead atoms. The second kappa shape index (κ2) is 10.3. The summed E-state index contributed by atoms with van der Waals surface area (Å²) in [6.07, 6.45) is 9.10. The highest BCUT2D eigenvalue weighted by Gasteiger charge is 1.96. The number of benzene rings is 1. The van der Waals surface area contributed by atoms with Crippen LogP contribution >= 0.6 is 12.6 Å². The van der Waals surface area contributed by atoms with Gasteiger partial charge in [0.2, 0.25) is 0 Å². The van der Waals surface area contributed by atoms with Crippen LogP contribution in [0.15, 0.2) is 24.3 Å². The van der Waals surface area contributed by atoms with E-state index in [4.69, 9.17) is 0 Å². The van der Waals surface area contributed by atoms with E-state index < -0.39 is 0 Å². The molecule has 0 fully saturated rings. The molecule has 1 aromatic rings. The summed E-state index contributed by atoms with van der Waals surface area (Å²) in [7, 11) is 0. The Balaban J connectivity index is 2.26. The fourth-order valence-electron chi connectivity index (χ4n) is 2.08. The predicted molar refractivity (Wildman–Crippen MR) is 85.9 cm³/mol. The third-order valence-electron chi connectivity index (χ3n) is 3.16. The average Bonchev–Trinajstić information content (AvgIpc) is 2.39. The first-order valence-electron chi connectivity index (χ1n) is 7.30. The molecule has 1 N–H and O–H groups in total. The molecular formula is C16H27NS. The van der Waals surface area contributed by atoms with Gasteiger partial charge in [-0.05, 0) is 42.7 Å². The number of hydrogen-bond acceptors (Lipinski definition) is 2. The molecule has 0 spiro atoms. The van der Waals surface area contributed by atoms with E-state index in [1.54, 1.807) is 0 Å². The Morgan fingerprint density at radius 2 is 1.89 bits per heavy atom. The maximum absolute atomic E-state index is 4.22. The van der Waals surface area contributed by atoms with Crippen molar-refractivity contribution >= 4 is 18.3 Å². The third-order valence-corrected chi connectivity index (χ3v) is 3.48. The summed E-state index contributed by atoms with van der Waals surface area (Å²) in [5, 5.41) is 3.45. The molecule has 102 valence electrons. The molecule has 1 aromatic carbocycles. The van der Waals surface area contributed by atoms with Crippen LogP contribution in [0.5, 0.6) is 0 Å². The van der Waals surface area contributed by atoms with Gasteiger partial charge >= 0.3 is 0 Å². The van der Waals surface area contributed by atoms with Gasteiger partial charge in [0.1, 0.15) is 0 Å². The van der Waals surface area contributed by atoms with E-state index in [1.165, 1.54) is 49.8 Å². The first-order chi connectivity index (χ1) is 8.86. The molecule has 0 aromatic heterocycles. The van der Waals surface area contributed by atoms with Crippen LogP contribution in [0.2, 0.25) is 0 Å². The summed E-state index contributed by atoms with van der Waals surface area (Å²) in [5.41, 5.74) is 2.71. The Hall–Kier alpha value is -0.630. The fourth-order valence-corrected chi connectivity index (χ4v) is 2.24. The molecule has 0 saturated carbocycles. The second-order valence-electron chi connectivity index (χ2n) is 4.87. The first kappa shape index (κ1) is 15.4. The lowest BCUT2D eigenvalue weighted by molar-refractivity contribution is 0.632. The summed E-state index contributed by atoms with van der Waals surface area (Å²) >= 11 is 4.22. The highest BCUT2D eigenvalue weighted by Crippen LogP contribution is 2.14. The lowest BCUT2D eigenvalue weighted by Gasteiger charge is -2.08. The number of anilines is 1. The van der Waals surface area contributed by atoms with Gasteiger partial charge in [0.05, 0.1) is 0 Å². The average molecular weight is 265 g/mol. The van der Waals surface area contributed by atoms with Crippen LogP contribution in [0.3, 0.4) is 0 Å². The standard InChI is InChI=1S/C16H27NS/c1-2-3-4-5-6-9-15-10-7-11-16(14-15)17-12-8-13-18/h7,10-11,14,17-18H,2-6,8-9,12-13H2,1H3. The normalized spacial score (nSPS) is 10.6. The largest absolute Gasteiger partial charge is 0.385 e. The van der Waals surface area contributed by atoms with Crippen molar-refractivity contribution < 1.29 is 0 Å². The zero-order chi connectivity index (χ0) is 13.1. The monoisotopic (exact) mass is 265 g/mol. The van der Waals surface area contributed by atoms with E-state index in [-0.39, 0.29) is 0 Å². The summed E-state index contributed by atoms with van der Waals surface area (Å²) < 4.78 is 0. The molecule has 18 heavy (non-hydrogen) atoms. The van der Waals surface area contributed by atoms with Crippen LogP contribution in [0.25, 0.3) is 0 Å². The first-order valence-corrected chi connectivity index (χ1v) is 7.93. The smallest absolute Gasteiger partial charge is 0.0342 e. The highest BCUT2D eigenvalue weighted by molar-refractivity contribution is 7.80. The van der Waals surface area contributed by atoms with Crippen molar-refractivity contribution in [2.24, 2.45) is 0 Å². The van der Waals surface area contributed by atoms with Crippen molar-refractivity contribution in [3.63, 3.8) is 0 Å². The molecule has 0 heterocycles. The highest BCUT2D eigenvalue weighted by atomic mass is 32.1. The van der Waals surface area contributed by atoms with Crippen LogP contribution in [0, 0.1) is 0 Å². The van der Waals surface area contributed by atoms with Gasteiger partial charge < -0.3 is 5.32 Å². The van der Waals surface area contributed by atoms with Crippen molar-refractivity contribution in [2.75, 3.05) is 17.6 Å². The van der Waals surface area contributed by atoms with Gasteiger partial charge in [-0.3, -0.25) is 0 Å². The number of rotatable bonds is 10. The van der Waals surface area contributed by atoms with Crippen molar-refractivity contribution in [3.05, 3.63) is 29.8 Å². The van der Waals surface area contributed by atoms with Gasteiger partial charge in [-0.2, -0.15) is 12.6 Å². The van der Waals surface area contributed by atoms with Crippen LogP contribution < -0.4 is 5.32 Å². The number of thiol groups is 1. The molecule has 0 saturated heterocycles. The zero-order valence-corrected chi connectivity index (χ0v) is 12.5. The lowest BCUT2D eigenvalue weighted by Crippen LogP contribution is -2.02. The van der Waals surface area contributed by atoms with Crippen molar-refractivity contribution in [1.29, 1.82) is 0 Å². The molecule has 1 nitrogen and oxygen atoms in total. The number of unbranched alkanes of at least 4 members (excludes halogenated alkanes) is 4. The van der Waals surface area contributed by atoms with E-state index in [2.05, 4.69) is 49.1 Å². The van der Waals surface area contributed by atoms with Crippen LogP contribution in [-0.2, 0) is 6.42 Å². The van der Waals surface area contributed by atoms with Crippen molar-refractivity contribution in [2.45, 2.75) is 51.9 Å². The van der Waals surface area contributed by atoms with Gasteiger partial charge in [0.25, 0.3) is 0 Å².